The van der Waals surface area contributed by atoms with E-state index in [1.54, 1.807) is 11.3 Å². The summed E-state index contributed by atoms with van der Waals surface area (Å²) in [6.07, 6.45) is 0.909. The summed E-state index contributed by atoms with van der Waals surface area (Å²) >= 11 is 6.64. The van der Waals surface area contributed by atoms with Gasteiger partial charge >= 0.3 is 0 Å². The van der Waals surface area contributed by atoms with Gasteiger partial charge in [0.1, 0.15) is 0 Å². The van der Waals surface area contributed by atoms with Gasteiger partial charge in [-0.15, -0.1) is 11.3 Å². The third kappa shape index (κ3) is 2.08. The van der Waals surface area contributed by atoms with Crippen LogP contribution in [0.25, 0.3) is 10.7 Å². The van der Waals surface area contributed by atoms with Crippen LogP contribution in [0.1, 0.15) is 37.4 Å². The second-order valence-corrected chi connectivity index (χ2v) is 5.27. The highest BCUT2D eigenvalue weighted by molar-refractivity contribution is 7.71. The van der Waals surface area contributed by atoms with E-state index in [1.165, 1.54) is 0 Å². The van der Waals surface area contributed by atoms with Crippen LogP contribution in [-0.4, -0.2) is 20.2 Å². The van der Waals surface area contributed by atoms with Crippen molar-refractivity contribution in [1.82, 2.24) is 20.2 Å². The van der Waals surface area contributed by atoms with Crippen molar-refractivity contribution in [3.05, 3.63) is 15.5 Å². The first-order valence-electron chi connectivity index (χ1n) is 5.26. The fourth-order valence-electron chi connectivity index (χ4n) is 1.42. The Kier molecular flexibility index (Phi) is 3.20. The molecule has 86 valence electrons. The van der Waals surface area contributed by atoms with Gasteiger partial charge in [0, 0.05) is 5.92 Å². The molecule has 0 aliphatic carbocycles. The van der Waals surface area contributed by atoms with Crippen molar-refractivity contribution < 1.29 is 0 Å². The summed E-state index contributed by atoms with van der Waals surface area (Å²) in [5.41, 5.74) is 1.09. The van der Waals surface area contributed by atoms with Crippen LogP contribution in [0.2, 0.25) is 0 Å². The summed E-state index contributed by atoms with van der Waals surface area (Å²) in [6.45, 7) is 6.40. The maximum Gasteiger partial charge on any atom is 0.213 e. The highest BCUT2D eigenvalue weighted by Gasteiger charge is 2.15. The molecule has 2 N–H and O–H groups in total. The van der Waals surface area contributed by atoms with Gasteiger partial charge in [0.25, 0.3) is 0 Å². The maximum absolute atomic E-state index is 4.96. The molecule has 0 spiro atoms. The summed E-state index contributed by atoms with van der Waals surface area (Å²) in [7, 11) is 0. The number of aryl methyl sites for hydroxylation is 1. The van der Waals surface area contributed by atoms with Gasteiger partial charge in [-0.05, 0) is 18.6 Å². The molecule has 0 saturated carbocycles. The van der Waals surface area contributed by atoms with Gasteiger partial charge < -0.3 is 0 Å². The fourth-order valence-corrected chi connectivity index (χ4v) is 2.66. The van der Waals surface area contributed by atoms with Crippen molar-refractivity contribution in [2.24, 2.45) is 0 Å². The molecule has 16 heavy (non-hydrogen) atoms. The SMILES string of the molecule is CCc1nc(C(C)C)sc1-c1nc(=S)[nH][nH]1. The zero-order valence-electron chi connectivity index (χ0n) is 9.50. The fraction of sp³-hybridized carbons (Fsp3) is 0.500. The molecule has 2 heterocycles. The number of nitrogens with one attached hydrogen (secondary N) is 2. The molecular formula is C10H14N4S2. The second kappa shape index (κ2) is 4.47. The lowest BCUT2D eigenvalue weighted by atomic mass is 10.2. The predicted molar refractivity (Wildman–Crippen MR) is 68.3 cm³/mol. The number of rotatable bonds is 3. The maximum atomic E-state index is 4.96. The third-order valence-electron chi connectivity index (χ3n) is 2.26. The lowest BCUT2D eigenvalue weighted by Crippen LogP contribution is -1.88. The Morgan fingerprint density at radius 1 is 1.31 bits per heavy atom. The molecule has 0 aliphatic heterocycles. The highest BCUT2D eigenvalue weighted by atomic mass is 32.1. The molecule has 0 bridgehead atoms. The average molecular weight is 254 g/mol. The Morgan fingerprint density at radius 3 is 2.56 bits per heavy atom. The minimum Gasteiger partial charge on any atom is -0.281 e. The van der Waals surface area contributed by atoms with Gasteiger partial charge in [0.2, 0.25) is 4.77 Å². The van der Waals surface area contributed by atoms with Gasteiger partial charge in [0.05, 0.1) is 15.6 Å². The smallest absolute Gasteiger partial charge is 0.213 e. The Bertz CT molecular complexity index is 535. The number of thiazole rings is 1. The van der Waals surface area contributed by atoms with E-state index in [-0.39, 0.29) is 0 Å². The van der Waals surface area contributed by atoms with Crippen LogP contribution in [0.15, 0.2) is 0 Å². The molecule has 4 nitrogen and oxygen atoms in total. The summed E-state index contributed by atoms with van der Waals surface area (Å²) in [6, 6.07) is 0. The van der Waals surface area contributed by atoms with Crippen LogP contribution in [0.4, 0.5) is 0 Å². The molecule has 6 heteroatoms. The Labute approximate surface area is 103 Å². The lowest BCUT2D eigenvalue weighted by Gasteiger charge is -1.95. The van der Waals surface area contributed by atoms with E-state index in [9.17, 15) is 0 Å². The standard InChI is InChI=1S/C10H14N4S2/c1-4-6-7(8-12-10(15)14-13-8)16-9(11-6)5(2)3/h5H,4H2,1-3H3,(H2,12,13,14,15). The molecule has 0 fully saturated rings. The quantitative estimate of drug-likeness (QED) is 0.826. The molecule has 0 aliphatic rings. The van der Waals surface area contributed by atoms with Gasteiger partial charge in [0.15, 0.2) is 5.82 Å². The highest BCUT2D eigenvalue weighted by Crippen LogP contribution is 2.31. The molecular weight excluding hydrogens is 240 g/mol. The van der Waals surface area contributed by atoms with E-state index < -0.39 is 0 Å². The van der Waals surface area contributed by atoms with Crippen molar-refractivity contribution in [2.45, 2.75) is 33.1 Å². The van der Waals surface area contributed by atoms with E-state index in [1.807, 2.05) is 0 Å². The molecule has 2 rings (SSSR count). The number of aromatic amines is 2. The van der Waals surface area contributed by atoms with Gasteiger partial charge in [-0.25, -0.2) is 4.98 Å². The van der Waals surface area contributed by atoms with Gasteiger partial charge in [-0.3, -0.25) is 10.2 Å². The molecule has 2 aromatic rings. The van der Waals surface area contributed by atoms with Crippen LogP contribution in [0, 0.1) is 4.77 Å². The lowest BCUT2D eigenvalue weighted by molar-refractivity contribution is 0.840. The van der Waals surface area contributed by atoms with E-state index >= 15 is 0 Å². The minimum atomic E-state index is 0.450. The Hall–Kier alpha value is -1.01. The Morgan fingerprint density at radius 2 is 2.06 bits per heavy atom. The van der Waals surface area contributed by atoms with Crippen molar-refractivity contribution in [3.63, 3.8) is 0 Å². The summed E-state index contributed by atoms with van der Waals surface area (Å²) < 4.78 is 0.483. The topological polar surface area (TPSA) is 57.4 Å². The van der Waals surface area contributed by atoms with Crippen LogP contribution in [0.3, 0.4) is 0 Å². The summed E-state index contributed by atoms with van der Waals surface area (Å²) in [4.78, 5) is 9.96. The Balaban J connectivity index is 2.51. The van der Waals surface area contributed by atoms with Crippen LogP contribution in [-0.2, 0) is 6.42 Å². The van der Waals surface area contributed by atoms with Crippen LogP contribution < -0.4 is 0 Å². The molecule has 2 aromatic heterocycles. The molecule has 0 unspecified atom stereocenters. The zero-order valence-corrected chi connectivity index (χ0v) is 11.1. The number of nitrogens with zero attached hydrogens (tertiary/aromatic N) is 2. The van der Waals surface area contributed by atoms with Gasteiger partial charge in [-0.2, -0.15) is 4.98 Å². The van der Waals surface area contributed by atoms with E-state index in [2.05, 4.69) is 40.9 Å². The molecule has 0 aromatic carbocycles. The second-order valence-electron chi connectivity index (χ2n) is 3.85. The van der Waals surface area contributed by atoms with Crippen molar-refractivity contribution in [2.75, 3.05) is 0 Å². The number of hydrogen-bond acceptors (Lipinski definition) is 4. The summed E-state index contributed by atoms with van der Waals surface area (Å²) in [5, 5.41) is 6.94. The largest absolute Gasteiger partial charge is 0.281 e. The van der Waals surface area contributed by atoms with E-state index in [0.717, 1.165) is 27.8 Å². The zero-order chi connectivity index (χ0) is 11.7. The van der Waals surface area contributed by atoms with Gasteiger partial charge in [-0.1, -0.05) is 20.8 Å². The minimum absolute atomic E-state index is 0.450. The normalized spacial score (nSPS) is 11.2. The number of hydrogen-bond donors (Lipinski definition) is 2. The first-order chi connectivity index (χ1) is 7.61. The van der Waals surface area contributed by atoms with Crippen molar-refractivity contribution in [1.29, 1.82) is 0 Å². The first kappa shape index (κ1) is 11.5. The van der Waals surface area contributed by atoms with Crippen LogP contribution >= 0.6 is 23.6 Å². The monoisotopic (exact) mass is 254 g/mol. The first-order valence-corrected chi connectivity index (χ1v) is 6.49. The van der Waals surface area contributed by atoms with Crippen molar-refractivity contribution >= 4 is 23.6 Å². The van der Waals surface area contributed by atoms with Crippen molar-refractivity contribution in [3.8, 4) is 10.7 Å². The number of H-pyrrole nitrogens is 2. The molecule has 0 saturated heterocycles. The van der Waals surface area contributed by atoms with Crippen LogP contribution in [0.5, 0.6) is 0 Å². The average Bonchev–Trinajstić information content (AvgIpc) is 2.82. The third-order valence-corrected chi connectivity index (χ3v) is 3.86. The van der Waals surface area contributed by atoms with E-state index in [4.69, 9.17) is 12.2 Å². The van der Waals surface area contributed by atoms with E-state index in [0.29, 0.717) is 10.7 Å². The predicted octanol–water partition coefficient (Wildman–Crippen LogP) is 3.28. The molecule has 0 atom stereocenters. The molecule has 0 radical (unpaired) electrons. The summed E-state index contributed by atoms with van der Waals surface area (Å²) in [5.74, 6) is 1.25. The number of aromatic nitrogens is 4. The molecule has 0 amide bonds.